The molecule has 0 spiro atoms. The number of esters is 2. The lowest BCUT2D eigenvalue weighted by molar-refractivity contribution is -0.384. The summed E-state index contributed by atoms with van der Waals surface area (Å²) in [5.74, 6) is -2.42. The maximum Gasteiger partial charge on any atom is 0.408 e. The van der Waals surface area contributed by atoms with Crippen LogP contribution in [0.5, 0.6) is 0 Å². The van der Waals surface area contributed by atoms with Gasteiger partial charge in [0.2, 0.25) is 0 Å². The average molecular weight is 461 g/mol. The van der Waals surface area contributed by atoms with E-state index in [1.54, 1.807) is 33.8 Å². The minimum Gasteiger partial charge on any atom is -0.463 e. The molecule has 1 heterocycles. The van der Waals surface area contributed by atoms with Crippen molar-refractivity contribution in [2.75, 3.05) is 20.4 Å². The van der Waals surface area contributed by atoms with E-state index in [2.05, 4.69) is 5.32 Å². The fourth-order valence-electron chi connectivity index (χ4n) is 3.29. The maximum absolute atomic E-state index is 13.1. The summed E-state index contributed by atoms with van der Waals surface area (Å²) in [7, 11) is 1.39. The summed E-state index contributed by atoms with van der Waals surface area (Å²) >= 11 is 0. The first-order valence-corrected chi connectivity index (χ1v) is 10.3. The molecular formula is C22H27N3O8. The zero-order valence-corrected chi connectivity index (χ0v) is 19.1. The Kier molecular flexibility index (Phi) is 8.55. The molecule has 1 aromatic carbocycles. The minimum absolute atomic E-state index is 0.0409. The lowest BCUT2D eigenvalue weighted by Gasteiger charge is -2.34. The number of ether oxygens (including phenoxy) is 3. The van der Waals surface area contributed by atoms with Gasteiger partial charge in [0.1, 0.15) is 0 Å². The van der Waals surface area contributed by atoms with Gasteiger partial charge in [-0.05, 0) is 33.3 Å². The first-order chi connectivity index (χ1) is 15.6. The van der Waals surface area contributed by atoms with Crippen molar-refractivity contribution in [2.24, 2.45) is 0 Å². The van der Waals surface area contributed by atoms with E-state index in [1.807, 2.05) is 0 Å². The van der Waals surface area contributed by atoms with E-state index < -0.39 is 35.0 Å². The van der Waals surface area contributed by atoms with Crippen molar-refractivity contribution in [1.29, 1.82) is 0 Å². The van der Waals surface area contributed by atoms with Crippen LogP contribution in [0.4, 0.5) is 10.5 Å². The Morgan fingerprint density at radius 1 is 1.21 bits per heavy atom. The van der Waals surface area contributed by atoms with Crippen LogP contribution in [0.25, 0.3) is 0 Å². The zero-order valence-electron chi connectivity index (χ0n) is 19.1. The highest BCUT2D eigenvalue weighted by molar-refractivity contribution is 5.99. The number of allylic oxidation sites excluding steroid dienone is 1. The number of alkyl carbamates (subject to hydrolysis) is 1. The van der Waals surface area contributed by atoms with E-state index in [0.717, 1.165) is 0 Å². The Morgan fingerprint density at radius 2 is 1.91 bits per heavy atom. The molecular weight excluding hydrogens is 434 g/mol. The largest absolute Gasteiger partial charge is 0.463 e. The summed E-state index contributed by atoms with van der Waals surface area (Å²) in [4.78, 5) is 49.8. The number of nitro groups is 1. The fourth-order valence-corrected chi connectivity index (χ4v) is 3.29. The van der Waals surface area contributed by atoms with Crippen LogP contribution in [0.3, 0.4) is 0 Å². The molecule has 1 N–H and O–H groups in total. The van der Waals surface area contributed by atoms with Crippen LogP contribution >= 0.6 is 0 Å². The number of carbonyl (C=O) groups excluding carboxylic acids is 3. The Bertz CT molecular complexity index is 999. The van der Waals surface area contributed by atoms with E-state index in [4.69, 9.17) is 14.2 Å². The molecule has 0 aliphatic carbocycles. The third kappa shape index (κ3) is 6.09. The van der Waals surface area contributed by atoms with Crippen LogP contribution in [0.1, 0.15) is 39.2 Å². The van der Waals surface area contributed by atoms with Gasteiger partial charge in [-0.15, -0.1) is 0 Å². The van der Waals surface area contributed by atoms with Gasteiger partial charge < -0.3 is 24.4 Å². The van der Waals surface area contributed by atoms with Crippen molar-refractivity contribution in [2.45, 2.75) is 39.7 Å². The molecule has 1 amide bonds. The molecule has 0 radical (unpaired) electrons. The summed E-state index contributed by atoms with van der Waals surface area (Å²) < 4.78 is 15.7. The van der Waals surface area contributed by atoms with Crippen LogP contribution in [-0.2, 0) is 23.8 Å². The summed E-state index contributed by atoms with van der Waals surface area (Å²) in [6.07, 6.45) is 0.239. The predicted octanol–water partition coefficient (Wildman–Crippen LogP) is 2.98. The van der Waals surface area contributed by atoms with Gasteiger partial charge in [-0.3, -0.25) is 10.1 Å². The first-order valence-electron chi connectivity index (χ1n) is 10.3. The fraction of sp³-hybridized carbons (Fsp3) is 0.409. The normalized spacial score (nSPS) is 15.6. The van der Waals surface area contributed by atoms with Crippen molar-refractivity contribution in [3.8, 4) is 0 Å². The van der Waals surface area contributed by atoms with Gasteiger partial charge in [-0.2, -0.15) is 0 Å². The van der Waals surface area contributed by atoms with E-state index >= 15 is 0 Å². The van der Waals surface area contributed by atoms with Gasteiger partial charge in [0.05, 0.1) is 34.7 Å². The van der Waals surface area contributed by atoms with Crippen molar-refractivity contribution in [1.82, 2.24) is 10.2 Å². The van der Waals surface area contributed by atoms with Crippen LogP contribution in [0.15, 0.2) is 47.3 Å². The van der Waals surface area contributed by atoms with Gasteiger partial charge in [-0.25, -0.2) is 14.4 Å². The standard InChI is InChI=1S/C22H27N3O8/c1-6-31-20(26)17-11-24(12-32-22(28)23-5)14(4)18(21(27)33-13(2)3)19(17)15-8-7-9-16(10-15)25(29)30/h7-11,13,19H,6,12H2,1-5H3,(H,23,28). The molecule has 11 nitrogen and oxygen atoms in total. The summed E-state index contributed by atoms with van der Waals surface area (Å²) in [5, 5.41) is 13.7. The predicted molar refractivity (Wildman–Crippen MR) is 117 cm³/mol. The van der Waals surface area contributed by atoms with Crippen LogP contribution < -0.4 is 5.32 Å². The zero-order chi connectivity index (χ0) is 24.7. The van der Waals surface area contributed by atoms with Crippen molar-refractivity contribution in [3.05, 3.63) is 63.0 Å². The molecule has 1 aliphatic rings. The second kappa shape index (κ2) is 11.1. The third-order valence-electron chi connectivity index (χ3n) is 4.74. The Labute approximate surface area is 191 Å². The third-order valence-corrected chi connectivity index (χ3v) is 4.74. The van der Waals surface area contributed by atoms with Crippen molar-refractivity contribution >= 4 is 23.7 Å². The minimum atomic E-state index is -0.994. The molecule has 0 fully saturated rings. The number of amides is 1. The quantitative estimate of drug-likeness (QED) is 0.268. The number of hydrogen-bond donors (Lipinski definition) is 1. The SMILES string of the molecule is CCOC(=O)C1=CN(COC(=O)NC)C(C)=C(C(=O)OC(C)C)C1c1cccc([N+](=O)[O-])c1. The van der Waals surface area contributed by atoms with Crippen LogP contribution in [-0.4, -0.2) is 54.3 Å². The Balaban J connectivity index is 2.69. The highest BCUT2D eigenvalue weighted by Crippen LogP contribution is 2.41. The summed E-state index contributed by atoms with van der Waals surface area (Å²) in [6.45, 7) is 6.36. The van der Waals surface area contributed by atoms with E-state index in [1.165, 1.54) is 36.3 Å². The second-order valence-corrected chi connectivity index (χ2v) is 7.32. The van der Waals surface area contributed by atoms with Gasteiger partial charge in [0, 0.05) is 31.1 Å². The number of rotatable bonds is 8. The first kappa shape index (κ1) is 25.4. The monoisotopic (exact) mass is 461 g/mol. The van der Waals surface area contributed by atoms with Gasteiger partial charge in [-0.1, -0.05) is 12.1 Å². The molecule has 33 heavy (non-hydrogen) atoms. The van der Waals surface area contributed by atoms with Crippen molar-refractivity contribution in [3.63, 3.8) is 0 Å². The Hall–Kier alpha value is -3.89. The number of benzene rings is 1. The molecule has 1 aromatic rings. The van der Waals surface area contributed by atoms with E-state index in [0.29, 0.717) is 11.3 Å². The van der Waals surface area contributed by atoms with E-state index in [9.17, 15) is 24.5 Å². The highest BCUT2D eigenvalue weighted by atomic mass is 16.6. The van der Waals surface area contributed by atoms with Crippen molar-refractivity contribution < 1.29 is 33.5 Å². The van der Waals surface area contributed by atoms with Gasteiger partial charge >= 0.3 is 18.0 Å². The molecule has 178 valence electrons. The number of carbonyl (C=O) groups is 3. The average Bonchev–Trinajstić information content (AvgIpc) is 2.77. The highest BCUT2D eigenvalue weighted by Gasteiger charge is 2.39. The number of non-ortho nitro benzene ring substituents is 1. The molecule has 2 rings (SSSR count). The molecule has 11 heteroatoms. The number of hydrogen-bond acceptors (Lipinski definition) is 9. The lowest BCUT2D eigenvalue weighted by atomic mass is 9.81. The maximum atomic E-state index is 13.1. The molecule has 0 aromatic heterocycles. The number of nitrogens with zero attached hydrogens (tertiary/aromatic N) is 2. The molecule has 0 saturated carbocycles. The number of nitrogens with one attached hydrogen (secondary N) is 1. The van der Waals surface area contributed by atoms with Gasteiger partial charge in [0.25, 0.3) is 5.69 Å². The lowest BCUT2D eigenvalue weighted by Crippen LogP contribution is -2.35. The molecule has 1 unspecified atom stereocenters. The summed E-state index contributed by atoms with van der Waals surface area (Å²) in [6, 6.07) is 5.66. The Morgan fingerprint density at radius 3 is 2.48 bits per heavy atom. The second-order valence-electron chi connectivity index (χ2n) is 7.32. The van der Waals surface area contributed by atoms with Gasteiger partial charge in [0.15, 0.2) is 6.73 Å². The number of nitro benzene ring substituents is 1. The van der Waals surface area contributed by atoms with Crippen LogP contribution in [0.2, 0.25) is 0 Å². The summed E-state index contributed by atoms with van der Waals surface area (Å²) in [5.41, 5.74) is 0.615. The smallest absolute Gasteiger partial charge is 0.408 e. The van der Waals surface area contributed by atoms with Crippen LogP contribution in [0, 0.1) is 10.1 Å². The molecule has 1 atom stereocenters. The van der Waals surface area contributed by atoms with E-state index in [-0.39, 0.29) is 30.2 Å². The molecule has 1 aliphatic heterocycles. The topological polar surface area (TPSA) is 137 Å². The molecule has 0 bridgehead atoms. The molecule has 0 saturated heterocycles.